The summed E-state index contributed by atoms with van der Waals surface area (Å²) in [6.45, 7) is 4.14. The first kappa shape index (κ1) is 14.2. The molecule has 1 nitrogen and oxygen atoms in total. The van der Waals surface area contributed by atoms with Crippen LogP contribution in [0.25, 0.3) is 0 Å². The lowest BCUT2D eigenvalue weighted by molar-refractivity contribution is 0.624. The zero-order valence-electron chi connectivity index (χ0n) is 11.1. The molecule has 0 aliphatic heterocycles. The third-order valence-corrected chi connectivity index (χ3v) is 4.02. The van der Waals surface area contributed by atoms with Gasteiger partial charge in [0.2, 0.25) is 0 Å². The van der Waals surface area contributed by atoms with Crippen molar-refractivity contribution in [3.63, 3.8) is 0 Å². The van der Waals surface area contributed by atoms with Crippen molar-refractivity contribution in [2.75, 3.05) is 0 Å². The van der Waals surface area contributed by atoms with E-state index in [1.54, 1.807) is 6.07 Å². The van der Waals surface area contributed by atoms with Gasteiger partial charge < -0.3 is 5.73 Å². The average Bonchev–Trinajstić information content (AvgIpc) is 2.32. The number of hydrogen-bond acceptors (Lipinski definition) is 1. The molecule has 0 aliphatic carbocycles. The van der Waals surface area contributed by atoms with Gasteiger partial charge in [-0.15, -0.1) is 0 Å². The smallest absolute Gasteiger partial charge is 0.124 e. The Labute approximate surface area is 121 Å². The Kier molecular flexibility index (Phi) is 4.38. The Morgan fingerprint density at radius 3 is 2.53 bits per heavy atom. The molecule has 0 spiro atoms. The van der Waals surface area contributed by atoms with Gasteiger partial charge in [0.05, 0.1) is 0 Å². The lowest BCUT2D eigenvalue weighted by Crippen LogP contribution is -2.15. The van der Waals surface area contributed by atoms with Crippen LogP contribution in [0.15, 0.2) is 40.9 Å². The Morgan fingerprint density at radius 2 is 1.89 bits per heavy atom. The third kappa shape index (κ3) is 3.43. The van der Waals surface area contributed by atoms with Gasteiger partial charge in [-0.2, -0.15) is 0 Å². The molecule has 19 heavy (non-hydrogen) atoms. The summed E-state index contributed by atoms with van der Waals surface area (Å²) in [6, 6.07) is 10.9. The van der Waals surface area contributed by atoms with Crippen LogP contribution in [0.3, 0.4) is 0 Å². The quantitative estimate of drug-likeness (QED) is 0.888. The summed E-state index contributed by atoms with van der Waals surface area (Å²) in [7, 11) is 0. The van der Waals surface area contributed by atoms with Crippen molar-refractivity contribution in [1.29, 1.82) is 0 Å². The van der Waals surface area contributed by atoms with Crippen molar-refractivity contribution in [1.82, 2.24) is 0 Å². The summed E-state index contributed by atoms with van der Waals surface area (Å²) in [6.07, 6.45) is 0.685. The summed E-state index contributed by atoms with van der Waals surface area (Å²) in [5.41, 5.74) is 10.9. The van der Waals surface area contributed by atoms with E-state index >= 15 is 0 Å². The fourth-order valence-corrected chi connectivity index (χ4v) is 2.79. The van der Waals surface area contributed by atoms with Crippen LogP contribution in [-0.4, -0.2) is 0 Å². The van der Waals surface area contributed by atoms with Gasteiger partial charge in [-0.1, -0.05) is 45.8 Å². The summed E-state index contributed by atoms with van der Waals surface area (Å²) in [5.74, 6) is -0.240. The van der Waals surface area contributed by atoms with Gasteiger partial charge in [0, 0.05) is 10.5 Å². The highest BCUT2D eigenvalue weighted by Crippen LogP contribution is 2.25. The topological polar surface area (TPSA) is 26.0 Å². The molecule has 0 bridgehead atoms. The molecule has 3 heteroatoms. The van der Waals surface area contributed by atoms with Crippen molar-refractivity contribution >= 4 is 15.9 Å². The second-order valence-corrected chi connectivity index (χ2v) is 5.76. The molecule has 0 amide bonds. The fourth-order valence-electron chi connectivity index (χ4n) is 2.28. The molecule has 2 N–H and O–H groups in total. The van der Waals surface area contributed by atoms with E-state index in [0.717, 1.165) is 15.6 Å². The molecular weight excluding hydrogens is 305 g/mol. The van der Waals surface area contributed by atoms with Gasteiger partial charge in [0.15, 0.2) is 0 Å². The standard InChI is InChI=1S/C16H17BrFN/c1-10-3-6-14(11(2)7-10)16(19)8-12-4-5-13(18)9-15(12)17/h3-7,9,16H,8,19H2,1-2H3. The molecule has 0 saturated heterocycles. The van der Waals surface area contributed by atoms with Crippen LogP contribution in [0.1, 0.15) is 28.3 Å². The van der Waals surface area contributed by atoms with E-state index < -0.39 is 0 Å². The summed E-state index contributed by atoms with van der Waals surface area (Å²) in [4.78, 5) is 0. The average molecular weight is 322 g/mol. The lowest BCUT2D eigenvalue weighted by atomic mass is 9.95. The zero-order chi connectivity index (χ0) is 14.0. The maximum absolute atomic E-state index is 13.1. The molecule has 0 fully saturated rings. The van der Waals surface area contributed by atoms with Crippen LogP contribution in [-0.2, 0) is 6.42 Å². The normalized spacial score (nSPS) is 12.5. The summed E-state index contributed by atoms with van der Waals surface area (Å²) in [5, 5.41) is 0. The Balaban J connectivity index is 2.23. The highest BCUT2D eigenvalue weighted by Gasteiger charge is 2.12. The molecule has 0 radical (unpaired) electrons. The van der Waals surface area contributed by atoms with E-state index in [-0.39, 0.29) is 11.9 Å². The van der Waals surface area contributed by atoms with Crippen molar-refractivity contribution in [3.8, 4) is 0 Å². The van der Waals surface area contributed by atoms with E-state index in [2.05, 4.69) is 48.0 Å². The van der Waals surface area contributed by atoms with Crippen LogP contribution in [0.5, 0.6) is 0 Å². The molecular formula is C16H17BrFN. The van der Waals surface area contributed by atoms with Gasteiger partial charge >= 0.3 is 0 Å². The highest BCUT2D eigenvalue weighted by molar-refractivity contribution is 9.10. The predicted molar refractivity (Wildman–Crippen MR) is 80.6 cm³/mol. The first-order chi connectivity index (χ1) is 8.97. The lowest BCUT2D eigenvalue weighted by Gasteiger charge is -2.16. The van der Waals surface area contributed by atoms with Gasteiger partial charge in [-0.25, -0.2) is 4.39 Å². The SMILES string of the molecule is Cc1ccc(C(N)Cc2ccc(F)cc2Br)c(C)c1. The molecule has 2 aromatic carbocycles. The molecule has 2 aromatic rings. The number of nitrogens with two attached hydrogens (primary N) is 1. The highest BCUT2D eigenvalue weighted by atomic mass is 79.9. The first-order valence-corrected chi connectivity index (χ1v) is 7.03. The molecule has 1 atom stereocenters. The second-order valence-electron chi connectivity index (χ2n) is 4.91. The van der Waals surface area contributed by atoms with E-state index in [0.29, 0.717) is 6.42 Å². The number of benzene rings is 2. The van der Waals surface area contributed by atoms with Crippen LogP contribution >= 0.6 is 15.9 Å². The van der Waals surface area contributed by atoms with E-state index in [9.17, 15) is 4.39 Å². The van der Waals surface area contributed by atoms with Crippen LogP contribution in [0.2, 0.25) is 0 Å². The summed E-state index contributed by atoms with van der Waals surface area (Å²) >= 11 is 3.38. The van der Waals surface area contributed by atoms with Crippen molar-refractivity contribution in [2.24, 2.45) is 5.73 Å². The third-order valence-electron chi connectivity index (χ3n) is 3.28. The number of hydrogen-bond donors (Lipinski definition) is 1. The van der Waals surface area contributed by atoms with Crippen molar-refractivity contribution in [2.45, 2.75) is 26.3 Å². The Bertz CT molecular complexity index is 595. The van der Waals surface area contributed by atoms with Gasteiger partial charge in [-0.3, -0.25) is 0 Å². The minimum absolute atomic E-state index is 0.0811. The fraction of sp³-hybridized carbons (Fsp3) is 0.250. The van der Waals surface area contributed by atoms with E-state index in [1.807, 2.05) is 0 Å². The maximum Gasteiger partial charge on any atom is 0.124 e. The molecule has 0 heterocycles. The molecule has 1 unspecified atom stereocenters. The molecule has 0 aromatic heterocycles. The van der Waals surface area contributed by atoms with Gasteiger partial charge in [0.25, 0.3) is 0 Å². The van der Waals surface area contributed by atoms with Crippen molar-refractivity contribution in [3.05, 3.63) is 68.9 Å². The summed E-state index contributed by atoms with van der Waals surface area (Å²) < 4.78 is 13.8. The minimum atomic E-state index is -0.240. The van der Waals surface area contributed by atoms with Gasteiger partial charge in [-0.05, 0) is 49.1 Å². The molecule has 0 saturated carbocycles. The number of aryl methyl sites for hydroxylation is 2. The molecule has 100 valence electrons. The van der Waals surface area contributed by atoms with Crippen LogP contribution < -0.4 is 5.73 Å². The second kappa shape index (κ2) is 5.85. The van der Waals surface area contributed by atoms with E-state index in [4.69, 9.17) is 5.73 Å². The Morgan fingerprint density at radius 1 is 1.16 bits per heavy atom. The van der Waals surface area contributed by atoms with Crippen molar-refractivity contribution < 1.29 is 4.39 Å². The van der Waals surface area contributed by atoms with Crippen LogP contribution in [0.4, 0.5) is 4.39 Å². The zero-order valence-corrected chi connectivity index (χ0v) is 12.7. The monoisotopic (exact) mass is 321 g/mol. The minimum Gasteiger partial charge on any atom is -0.324 e. The molecule has 2 rings (SSSR count). The maximum atomic E-state index is 13.1. The first-order valence-electron chi connectivity index (χ1n) is 6.24. The largest absolute Gasteiger partial charge is 0.324 e. The van der Waals surface area contributed by atoms with E-state index in [1.165, 1.54) is 23.3 Å². The predicted octanol–water partition coefficient (Wildman–Crippen LogP) is 4.45. The Hall–Kier alpha value is -1.19. The number of halogens is 2. The van der Waals surface area contributed by atoms with Crippen LogP contribution in [0, 0.1) is 19.7 Å². The number of rotatable bonds is 3. The molecule has 0 aliphatic rings. The van der Waals surface area contributed by atoms with Gasteiger partial charge in [0.1, 0.15) is 5.82 Å².